The van der Waals surface area contributed by atoms with Gasteiger partial charge in [-0.05, 0) is 37.1 Å². The molecule has 1 aromatic carbocycles. The molecule has 0 aromatic heterocycles. The van der Waals surface area contributed by atoms with Crippen LogP contribution in [0.2, 0.25) is 0 Å². The van der Waals surface area contributed by atoms with Crippen molar-refractivity contribution in [3.8, 4) is 0 Å². The van der Waals surface area contributed by atoms with E-state index in [1.807, 2.05) is 32.0 Å². The molecule has 0 saturated heterocycles. The standard InChI is InChI=1S/C12H15NO3/c1-8-5-9(2)7-10(6-8)13-11(14)3-4-12(15)16/h5-7H,3-4H2,1-2H3,(H,13,14)(H,15,16). The first-order valence-electron chi connectivity index (χ1n) is 5.07. The molecule has 4 heteroatoms. The maximum atomic E-state index is 11.4. The highest BCUT2D eigenvalue weighted by atomic mass is 16.4. The number of carboxylic acids is 1. The maximum absolute atomic E-state index is 11.4. The summed E-state index contributed by atoms with van der Waals surface area (Å²) < 4.78 is 0. The average molecular weight is 221 g/mol. The number of anilines is 1. The van der Waals surface area contributed by atoms with Gasteiger partial charge in [-0.1, -0.05) is 6.07 Å². The van der Waals surface area contributed by atoms with E-state index in [2.05, 4.69) is 5.32 Å². The zero-order chi connectivity index (χ0) is 12.1. The maximum Gasteiger partial charge on any atom is 0.303 e. The molecule has 0 bridgehead atoms. The third-order valence-corrected chi connectivity index (χ3v) is 2.07. The van der Waals surface area contributed by atoms with E-state index < -0.39 is 5.97 Å². The fourth-order valence-corrected chi connectivity index (χ4v) is 1.49. The molecule has 0 atom stereocenters. The van der Waals surface area contributed by atoms with Crippen LogP contribution in [-0.4, -0.2) is 17.0 Å². The molecule has 0 aliphatic rings. The third kappa shape index (κ3) is 4.13. The van der Waals surface area contributed by atoms with Crippen molar-refractivity contribution in [3.63, 3.8) is 0 Å². The Morgan fingerprint density at radius 2 is 1.69 bits per heavy atom. The number of amides is 1. The number of aryl methyl sites for hydroxylation is 2. The first kappa shape index (κ1) is 12.2. The number of nitrogens with one attached hydrogen (secondary N) is 1. The van der Waals surface area contributed by atoms with E-state index in [9.17, 15) is 9.59 Å². The molecule has 16 heavy (non-hydrogen) atoms. The Balaban J connectivity index is 2.59. The number of carbonyl (C=O) groups is 2. The molecule has 0 aliphatic carbocycles. The van der Waals surface area contributed by atoms with Crippen LogP contribution < -0.4 is 5.32 Å². The second-order valence-corrected chi connectivity index (χ2v) is 3.82. The highest BCUT2D eigenvalue weighted by Crippen LogP contribution is 2.14. The normalized spacial score (nSPS) is 9.88. The molecule has 1 rings (SSSR count). The second kappa shape index (κ2) is 5.30. The summed E-state index contributed by atoms with van der Waals surface area (Å²) in [5.41, 5.74) is 2.84. The monoisotopic (exact) mass is 221 g/mol. The molecule has 0 unspecified atom stereocenters. The van der Waals surface area contributed by atoms with E-state index in [-0.39, 0.29) is 18.7 Å². The van der Waals surface area contributed by atoms with Crippen molar-refractivity contribution in [2.24, 2.45) is 0 Å². The fourth-order valence-electron chi connectivity index (χ4n) is 1.49. The molecule has 1 amide bonds. The number of carboxylic acid groups (broad SMARTS) is 1. The van der Waals surface area contributed by atoms with Gasteiger partial charge >= 0.3 is 5.97 Å². The largest absolute Gasteiger partial charge is 0.481 e. The van der Waals surface area contributed by atoms with Crippen molar-refractivity contribution in [2.75, 3.05) is 5.32 Å². The summed E-state index contributed by atoms with van der Waals surface area (Å²) in [5.74, 6) is -1.23. The Kier molecular flexibility index (Phi) is 4.05. The summed E-state index contributed by atoms with van der Waals surface area (Å²) in [4.78, 5) is 21.6. The molecular formula is C12H15NO3. The van der Waals surface area contributed by atoms with Gasteiger partial charge in [0, 0.05) is 12.1 Å². The molecule has 0 aliphatic heterocycles. The van der Waals surface area contributed by atoms with Crippen LogP contribution in [0.5, 0.6) is 0 Å². The smallest absolute Gasteiger partial charge is 0.303 e. The van der Waals surface area contributed by atoms with Gasteiger partial charge in [-0.25, -0.2) is 0 Å². The highest BCUT2D eigenvalue weighted by Gasteiger charge is 2.06. The van der Waals surface area contributed by atoms with Crippen LogP contribution in [0.15, 0.2) is 18.2 Å². The van der Waals surface area contributed by atoms with E-state index >= 15 is 0 Å². The van der Waals surface area contributed by atoms with Gasteiger partial charge in [-0.2, -0.15) is 0 Å². The zero-order valence-corrected chi connectivity index (χ0v) is 9.41. The molecule has 0 saturated carbocycles. The van der Waals surface area contributed by atoms with Crippen LogP contribution in [0, 0.1) is 13.8 Å². The van der Waals surface area contributed by atoms with Crippen LogP contribution in [0.4, 0.5) is 5.69 Å². The van der Waals surface area contributed by atoms with Crippen molar-refractivity contribution in [3.05, 3.63) is 29.3 Å². The van der Waals surface area contributed by atoms with Gasteiger partial charge in [0.2, 0.25) is 5.91 Å². The number of rotatable bonds is 4. The molecule has 2 N–H and O–H groups in total. The summed E-state index contributed by atoms with van der Waals surface area (Å²) >= 11 is 0. The van der Waals surface area contributed by atoms with Crippen LogP contribution in [0.1, 0.15) is 24.0 Å². The van der Waals surface area contributed by atoms with Crippen LogP contribution in [0.3, 0.4) is 0 Å². The minimum atomic E-state index is -0.962. The lowest BCUT2D eigenvalue weighted by Crippen LogP contribution is -2.13. The number of carbonyl (C=O) groups excluding carboxylic acids is 1. The number of hydrogen-bond donors (Lipinski definition) is 2. The molecule has 0 fully saturated rings. The summed E-state index contributed by atoms with van der Waals surface area (Å²) in [6.45, 7) is 3.89. The summed E-state index contributed by atoms with van der Waals surface area (Å²) in [5, 5.41) is 11.1. The molecular weight excluding hydrogens is 206 g/mol. The highest BCUT2D eigenvalue weighted by molar-refractivity contribution is 5.92. The topological polar surface area (TPSA) is 66.4 Å². The lowest BCUT2D eigenvalue weighted by atomic mass is 10.1. The SMILES string of the molecule is Cc1cc(C)cc(NC(=O)CCC(=O)O)c1. The van der Waals surface area contributed by atoms with E-state index in [1.165, 1.54) is 0 Å². The minimum Gasteiger partial charge on any atom is -0.481 e. The van der Waals surface area contributed by atoms with Gasteiger partial charge < -0.3 is 10.4 Å². The number of benzene rings is 1. The Labute approximate surface area is 94.3 Å². The fraction of sp³-hybridized carbons (Fsp3) is 0.333. The molecule has 86 valence electrons. The van der Waals surface area contributed by atoms with Gasteiger partial charge in [0.25, 0.3) is 0 Å². The Morgan fingerprint density at radius 3 is 2.19 bits per heavy atom. The zero-order valence-electron chi connectivity index (χ0n) is 9.41. The van der Waals surface area contributed by atoms with E-state index in [0.29, 0.717) is 5.69 Å². The summed E-state index contributed by atoms with van der Waals surface area (Å²) in [7, 11) is 0. The summed E-state index contributed by atoms with van der Waals surface area (Å²) in [6.07, 6.45) is -0.140. The van der Waals surface area contributed by atoms with Crippen molar-refractivity contribution >= 4 is 17.6 Å². The average Bonchev–Trinajstić information content (AvgIpc) is 2.12. The van der Waals surface area contributed by atoms with Crippen molar-refractivity contribution in [2.45, 2.75) is 26.7 Å². The third-order valence-electron chi connectivity index (χ3n) is 2.07. The van der Waals surface area contributed by atoms with Crippen molar-refractivity contribution < 1.29 is 14.7 Å². The second-order valence-electron chi connectivity index (χ2n) is 3.82. The number of aliphatic carboxylic acids is 1. The first-order chi connectivity index (χ1) is 7.47. The summed E-state index contributed by atoms with van der Waals surface area (Å²) in [6, 6.07) is 5.71. The minimum absolute atomic E-state index is 0.00230. The molecule has 1 aromatic rings. The van der Waals surface area contributed by atoms with Gasteiger partial charge in [-0.15, -0.1) is 0 Å². The van der Waals surface area contributed by atoms with E-state index in [0.717, 1.165) is 11.1 Å². The Hall–Kier alpha value is -1.84. The van der Waals surface area contributed by atoms with Crippen molar-refractivity contribution in [1.82, 2.24) is 0 Å². The van der Waals surface area contributed by atoms with Crippen LogP contribution in [-0.2, 0) is 9.59 Å². The molecule has 0 heterocycles. The first-order valence-corrected chi connectivity index (χ1v) is 5.07. The predicted molar refractivity (Wildman–Crippen MR) is 61.4 cm³/mol. The lowest BCUT2D eigenvalue weighted by molar-refractivity contribution is -0.138. The lowest BCUT2D eigenvalue weighted by Gasteiger charge is -2.06. The predicted octanol–water partition coefficient (Wildman–Crippen LogP) is 2.11. The van der Waals surface area contributed by atoms with Crippen LogP contribution >= 0.6 is 0 Å². The molecule has 4 nitrogen and oxygen atoms in total. The van der Waals surface area contributed by atoms with Crippen LogP contribution in [0.25, 0.3) is 0 Å². The molecule has 0 radical (unpaired) electrons. The van der Waals surface area contributed by atoms with E-state index in [1.54, 1.807) is 0 Å². The van der Waals surface area contributed by atoms with Crippen molar-refractivity contribution in [1.29, 1.82) is 0 Å². The Morgan fingerprint density at radius 1 is 1.12 bits per heavy atom. The van der Waals surface area contributed by atoms with Gasteiger partial charge in [0.1, 0.15) is 0 Å². The van der Waals surface area contributed by atoms with E-state index in [4.69, 9.17) is 5.11 Å². The van der Waals surface area contributed by atoms with Gasteiger partial charge in [-0.3, -0.25) is 9.59 Å². The molecule has 0 spiro atoms. The van der Waals surface area contributed by atoms with Gasteiger partial charge in [0.15, 0.2) is 0 Å². The Bertz CT molecular complexity index is 392. The number of hydrogen-bond acceptors (Lipinski definition) is 2. The quantitative estimate of drug-likeness (QED) is 0.818. The van der Waals surface area contributed by atoms with Gasteiger partial charge in [0.05, 0.1) is 6.42 Å².